The molecular formula is C12H16N2O2. The highest BCUT2D eigenvalue weighted by atomic mass is 16.3. The van der Waals surface area contributed by atoms with Gasteiger partial charge in [0.25, 0.3) is 0 Å². The molecule has 1 amide bonds. The SMILES string of the molecule is NC1CCc2oc3c(c2NC1=O)CCCC3. The van der Waals surface area contributed by atoms with E-state index in [1.165, 1.54) is 18.4 Å². The largest absolute Gasteiger partial charge is 0.464 e. The summed E-state index contributed by atoms with van der Waals surface area (Å²) in [6, 6.07) is -0.401. The first-order valence-electron chi connectivity index (χ1n) is 5.95. The molecule has 86 valence electrons. The van der Waals surface area contributed by atoms with Gasteiger partial charge in [-0.1, -0.05) is 0 Å². The highest BCUT2D eigenvalue weighted by molar-refractivity contribution is 5.96. The van der Waals surface area contributed by atoms with Crippen molar-refractivity contribution >= 4 is 11.6 Å². The molecule has 2 heterocycles. The number of rotatable bonds is 0. The Morgan fingerprint density at radius 1 is 1.19 bits per heavy atom. The number of aryl methyl sites for hydroxylation is 2. The molecule has 16 heavy (non-hydrogen) atoms. The van der Waals surface area contributed by atoms with E-state index in [1.54, 1.807) is 0 Å². The predicted octanol–water partition coefficient (Wildman–Crippen LogP) is 1.37. The molecule has 1 aliphatic carbocycles. The zero-order valence-corrected chi connectivity index (χ0v) is 9.21. The van der Waals surface area contributed by atoms with Crippen LogP contribution in [0, 0.1) is 0 Å². The lowest BCUT2D eigenvalue weighted by molar-refractivity contribution is -0.117. The summed E-state index contributed by atoms with van der Waals surface area (Å²) in [7, 11) is 0. The van der Waals surface area contributed by atoms with Crippen molar-refractivity contribution in [2.75, 3.05) is 5.32 Å². The number of carbonyl (C=O) groups excluding carboxylic acids is 1. The fourth-order valence-electron chi connectivity index (χ4n) is 2.58. The second-order valence-corrected chi connectivity index (χ2v) is 4.64. The molecule has 1 atom stereocenters. The first-order chi connectivity index (χ1) is 7.75. The Bertz CT molecular complexity index is 436. The van der Waals surface area contributed by atoms with Gasteiger partial charge in [-0.2, -0.15) is 0 Å². The number of amides is 1. The first kappa shape index (κ1) is 9.90. The number of nitrogens with two attached hydrogens (primary N) is 1. The van der Waals surface area contributed by atoms with E-state index >= 15 is 0 Å². The summed E-state index contributed by atoms with van der Waals surface area (Å²) < 4.78 is 5.83. The fraction of sp³-hybridized carbons (Fsp3) is 0.583. The van der Waals surface area contributed by atoms with Crippen molar-refractivity contribution in [2.24, 2.45) is 5.73 Å². The van der Waals surface area contributed by atoms with Crippen molar-refractivity contribution in [3.05, 3.63) is 17.1 Å². The van der Waals surface area contributed by atoms with Crippen molar-refractivity contribution in [1.82, 2.24) is 0 Å². The van der Waals surface area contributed by atoms with E-state index in [-0.39, 0.29) is 5.91 Å². The number of nitrogens with one attached hydrogen (secondary N) is 1. The van der Waals surface area contributed by atoms with Gasteiger partial charge in [0.2, 0.25) is 5.91 Å². The van der Waals surface area contributed by atoms with Crippen LogP contribution in [0.3, 0.4) is 0 Å². The van der Waals surface area contributed by atoms with Gasteiger partial charge in [0.05, 0.1) is 11.7 Å². The zero-order chi connectivity index (χ0) is 11.1. The molecule has 0 fully saturated rings. The second kappa shape index (κ2) is 3.63. The smallest absolute Gasteiger partial charge is 0.241 e. The Kier molecular flexibility index (Phi) is 2.24. The van der Waals surface area contributed by atoms with E-state index in [9.17, 15) is 4.79 Å². The van der Waals surface area contributed by atoms with Crippen LogP contribution in [0.1, 0.15) is 36.3 Å². The van der Waals surface area contributed by atoms with E-state index in [1.807, 2.05) is 0 Å². The van der Waals surface area contributed by atoms with Crippen LogP contribution in [0.5, 0.6) is 0 Å². The van der Waals surface area contributed by atoms with Crippen molar-refractivity contribution in [2.45, 2.75) is 44.6 Å². The summed E-state index contributed by atoms with van der Waals surface area (Å²) in [6.07, 6.45) is 5.83. The van der Waals surface area contributed by atoms with Gasteiger partial charge in [0, 0.05) is 18.4 Å². The van der Waals surface area contributed by atoms with Gasteiger partial charge in [-0.05, 0) is 25.7 Å². The molecule has 3 rings (SSSR count). The molecule has 4 heteroatoms. The molecule has 0 saturated heterocycles. The third-order valence-corrected chi connectivity index (χ3v) is 3.51. The molecule has 2 aliphatic rings. The highest BCUT2D eigenvalue weighted by Crippen LogP contribution is 2.35. The molecule has 0 saturated carbocycles. The van der Waals surface area contributed by atoms with Gasteiger partial charge in [-0.15, -0.1) is 0 Å². The van der Waals surface area contributed by atoms with Crippen molar-refractivity contribution in [1.29, 1.82) is 0 Å². The third kappa shape index (κ3) is 1.45. The molecule has 0 aromatic carbocycles. The standard InChI is InChI=1S/C12H16N2O2/c13-8-5-6-10-11(14-12(8)15)7-3-1-2-4-9(7)16-10/h8H,1-6,13H2,(H,14,15). The summed E-state index contributed by atoms with van der Waals surface area (Å²) in [5.41, 5.74) is 7.87. The van der Waals surface area contributed by atoms with Gasteiger partial charge < -0.3 is 15.5 Å². The molecular weight excluding hydrogens is 204 g/mol. The minimum absolute atomic E-state index is 0.0760. The molecule has 3 N–H and O–H groups in total. The second-order valence-electron chi connectivity index (χ2n) is 4.64. The Morgan fingerprint density at radius 2 is 2.00 bits per heavy atom. The summed E-state index contributed by atoms with van der Waals surface area (Å²) in [5.74, 6) is 1.92. The highest BCUT2D eigenvalue weighted by Gasteiger charge is 2.28. The van der Waals surface area contributed by atoms with Gasteiger partial charge in [0.1, 0.15) is 11.5 Å². The van der Waals surface area contributed by atoms with Gasteiger partial charge >= 0.3 is 0 Å². The van der Waals surface area contributed by atoms with Crippen molar-refractivity contribution in [3.8, 4) is 0 Å². The maximum absolute atomic E-state index is 11.7. The van der Waals surface area contributed by atoms with Crippen LogP contribution in [-0.2, 0) is 24.1 Å². The Morgan fingerprint density at radius 3 is 2.88 bits per heavy atom. The van der Waals surface area contributed by atoms with E-state index < -0.39 is 6.04 Å². The summed E-state index contributed by atoms with van der Waals surface area (Å²) in [6.45, 7) is 0. The third-order valence-electron chi connectivity index (χ3n) is 3.51. The van der Waals surface area contributed by atoms with Gasteiger partial charge in [-0.3, -0.25) is 4.79 Å². The van der Waals surface area contributed by atoms with Crippen LogP contribution >= 0.6 is 0 Å². The number of hydrogen-bond donors (Lipinski definition) is 2. The zero-order valence-electron chi connectivity index (χ0n) is 9.21. The van der Waals surface area contributed by atoms with Crippen molar-refractivity contribution < 1.29 is 9.21 Å². The molecule has 0 spiro atoms. The average molecular weight is 220 g/mol. The number of anilines is 1. The van der Waals surface area contributed by atoms with Crippen LogP contribution in [0.2, 0.25) is 0 Å². The number of hydrogen-bond acceptors (Lipinski definition) is 3. The maximum atomic E-state index is 11.7. The Labute approximate surface area is 94.2 Å². The van der Waals surface area contributed by atoms with Crippen LogP contribution in [0.15, 0.2) is 4.42 Å². The monoisotopic (exact) mass is 220 g/mol. The molecule has 1 unspecified atom stereocenters. The molecule has 1 aromatic heterocycles. The van der Waals surface area contributed by atoms with Gasteiger partial charge in [-0.25, -0.2) is 0 Å². The van der Waals surface area contributed by atoms with Crippen LogP contribution < -0.4 is 11.1 Å². The van der Waals surface area contributed by atoms with E-state index in [2.05, 4.69) is 5.32 Å². The average Bonchev–Trinajstić information content (AvgIpc) is 2.58. The van der Waals surface area contributed by atoms with Crippen LogP contribution in [0.25, 0.3) is 0 Å². The molecule has 0 bridgehead atoms. The molecule has 0 radical (unpaired) electrons. The number of fused-ring (bicyclic) bond motifs is 3. The number of furan rings is 1. The molecule has 1 aromatic rings. The fourth-order valence-corrected chi connectivity index (χ4v) is 2.58. The Hall–Kier alpha value is -1.29. The van der Waals surface area contributed by atoms with Crippen LogP contribution in [-0.4, -0.2) is 11.9 Å². The predicted molar refractivity (Wildman–Crippen MR) is 60.3 cm³/mol. The summed E-state index contributed by atoms with van der Waals surface area (Å²) in [4.78, 5) is 11.7. The lowest BCUT2D eigenvalue weighted by Crippen LogP contribution is -2.34. The Balaban J connectivity index is 2.02. The van der Waals surface area contributed by atoms with Gasteiger partial charge in [0.15, 0.2) is 0 Å². The molecule has 4 nitrogen and oxygen atoms in total. The normalized spacial score (nSPS) is 24.3. The summed E-state index contributed by atoms with van der Waals surface area (Å²) in [5, 5.41) is 2.92. The quantitative estimate of drug-likeness (QED) is 0.694. The van der Waals surface area contributed by atoms with E-state index in [0.29, 0.717) is 6.42 Å². The van der Waals surface area contributed by atoms with E-state index in [0.717, 1.165) is 36.5 Å². The minimum Gasteiger partial charge on any atom is -0.464 e. The molecule has 1 aliphatic heterocycles. The lowest BCUT2D eigenvalue weighted by atomic mass is 9.97. The first-order valence-corrected chi connectivity index (χ1v) is 5.95. The maximum Gasteiger partial charge on any atom is 0.241 e. The topological polar surface area (TPSA) is 68.3 Å². The minimum atomic E-state index is -0.401. The lowest BCUT2D eigenvalue weighted by Gasteiger charge is -2.12. The number of carbonyl (C=O) groups is 1. The van der Waals surface area contributed by atoms with Crippen LogP contribution in [0.4, 0.5) is 5.69 Å². The van der Waals surface area contributed by atoms with Crippen molar-refractivity contribution in [3.63, 3.8) is 0 Å². The van der Waals surface area contributed by atoms with E-state index in [4.69, 9.17) is 10.2 Å². The summed E-state index contributed by atoms with van der Waals surface area (Å²) >= 11 is 0.